The van der Waals surface area contributed by atoms with Crippen molar-refractivity contribution in [2.45, 2.75) is 19.0 Å². The predicted molar refractivity (Wildman–Crippen MR) is 86.3 cm³/mol. The van der Waals surface area contributed by atoms with E-state index in [1.807, 2.05) is 6.07 Å². The molecule has 3 heterocycles. The van der Waals surface area contributed by atoms with E-state index in [0.29, 0.717) is 24.0 Å². The highest BCUT2D eigenvalue weighted by Crippen LogP contribution is 2.20. The van der Waals surface area contributed by atoms with Crippen LogP contribution >= 0.6 is 0 Å². The molecule has 0 aliphatic carbocycles. The lowest BCUT2D eigenvalue weighted by molar-refractivity contribution is -0.130. The number of carbonyl (C=O) groups excluding carboxylic acids is 1. The van der Waals surface area contributed by atoms with Gasteiger partial charge in [-0.2, -0.15) is 0 Å². The van der Waals surface area contributed by atoms with Crippen LogP contribution in [0.1, 0.15) is 12.5 Å². The van der Waals surface area contributed by atoms with Gasteiger partial charge in [-0.05, 0) is 18.6 Å². The molecule has 1 fully saturated rings. The van der Waals surface area contributed by atoms with Gasteiger partial charge in [-0.25, -0.2) is 9.67 Å². The zero-order chi connectivity index (χ0) is 16.5. The molecule has 1 aliphatic heterocycles. The number of rotatable bonds is 3. The van der Waals surface area contributed by atoms with Gasteiger partial charge in [0.25, 0.3) is 5.56 Å². The number of hydrogen-bond donors (Lipinski definition) is 0. The third kappa shape index (κ3) is 2.55. The molecule has 8 heteroatoms. The number of benzene rings is 1. The molecule has 4 rings (SSSR count). The van der Waals surface area contributed by atoms with E-state index in [0.717, 1.165) is 6.42 Å². The van der Waals surface area contributed by atoms with Crippen molar-refractivity contribution in [1.29, 1.82) is 0 Å². The molecule has 1 saturated heterocycles. The molecule has 1 aromatic carbocycles. The summed E-state index contributed by atoms with van der Waals surface area (Å²) in [5.74, 6) is -0.0863. The Morgan fingerprint density at radius 2 is 2.17 bits per heavy atom. The third-order valence-electron chi connectivity index (χ3n) is 4.37. The molecule has 1 aliphatic rings. The standard InChI is InChI=1S/C16H16N6O2/c23-15(20-7-5-12(9-20)22-8-6-18-19-22)10-21-11-17-14-4-2-1-3-13(14)16(21)24/h1-4,6,8,11-12H,5,7,9-10H2. The number of para-hydroxylation sites is 1. The minimum absolute atomic E-state index is 0.000739. The Labute approximate surface area is 137 Å². The smallest absolute Gasteiger partial charge is 0.261 e. The first kappa shape index (κ1) is 14.6. The molecule has 122 valence electrons. The van der Waals surface area contributed by atoms with E-state index in [-0.39, 0.29) is 24.1 Å². The lowest BCUT2D eigenvalue weighted by Gasteiger charge is -2.17. The molecule has 1 atom stereocenters. The van der Waals surface area contributed by atoms with Crippen molar-refractivity contribution in [1.82, 2.24) is 29.4 Å². The van der Waals surface area contributed by atoms with Crippen LogP contribution in [0.25, 0.3) is 10.9 Å². The Kier molecular flexibility index (Phi) is 3.56. The van der Waals surface area contributed by atoms with Gasteiger partial charge in [-0.1, -0.05) is 17.3 Å². The Morgan fingerprint density at radius 3 is 3.00 bits per heavy atom. The minimum atomic E-state index is -0.194. The van der Waals surface area contributed by atoms with Crippen molar-refractivity contribution in [2.24, 2.45) is 0 Å². The summed E-state index contributed by atoms with van der Waals surface area (Å²) >= 11 is 0. The largest absolute Gasteiger partial charge is 0.339 e. The summed E-state index contributed by atoms with van der Waals surface area (Å²) in [6.45, 7) is 1.23. The Morgan fingerprint density at radius 1 is 1.29 bits per heavy atom. The molecule has 2 aromatic heterocycles. The SMILES string of the molecule is O=C(Cn1cnc2ccccc2c1=O)N1CCC(n2ccnn2)C1. The second-order valence-corrected chi connectivity index (χ2v) is 5.86. The van der Waals surface area contributed by atoms with Crippen LogP contribution in [0.3, 0.4) is 0 Å². The normalized spacial score (nSPS) is 17.5. The van der Waals surface area contributed by atoms with E-state index in [2.05, 4.69) is 15.3 Å². The van der Waals surface area contributed by atoms with Gasteiger partial charge in [0.1, 0.15) is 6.54 Å². The van der Waals surface area contributed by atoms with E-state index >= 15 is 0 Å². The quantitative estimate of drug-likeness (QED) is 0.699. The first-order chi connectivity index (χ1) is 11.7. The second-order valence-electron chi connectivity index (χ2n) is 5.86. The van der Waals surface area contributed by atoms with Gasteiger partial charge < -0.3 is 4.90 Å². The van der Waals surface area contributed by atoms with Crippen molar-refractivity contribution in [3.63, 3.8) is 0 Å². The van der Waals surface area contributed by atoms with E-state index in [9.17, 15) is 9.59 Å². The number of amides is 1. The lowest BCUT2D eigenvalue weighted by Crippen LogP contribution is -2.35. The van der Waals surface area contributed by atoms with Crippen LogP contribution in [-0.2, 0) is 11.3 Å². The molecular weight excluding hydrogens is 308 g/mol. The Balaban J connectivity index is 1.51. The highest BCUT2D eigenvalue weighted by Gasteiger charge is 2.28. The van der Waals surface area contributed by atoms with Crippen molar-refractivity contribution >= 4 is 16.8 Å². The molecule has 1 amide bonds. The number of hydrogen-bond acceptors (Lipinski definition) is 5. The predicted octanol–water partition coefficient (Wildman–Crippen LogP) is 0.462. The summed E-state index contributed by atoms with van der Waals surface area (Å²) in [7, 11) is 0. The maximum Gasteiger partial charge on any atom is 0.261 e. The fourth-order valence-electron chi connectivity index (χ4n) is 3.06. The summed E-state index contributed by atoms with van der Waals surface area (Å²) in [5.41, 5.74) is 0.444. The summed E-state index contributed by atoms with van der Waals surface area (Å²) < 4.78 is 3.14. The van der Waals surface area contributed by atoms with Crippen molar-refractivity contribution in [3.05, 3.63) is 53.3 Å². The highest BCUT2D eigenvalue weighted by molar-refractivity contribution is 5.79. The fraction of sp³-hybridized carbons (Fsp3) is 0.312. The third-order valence-corrected chi connectivity index (χ3v) is 4.37. The first-order valence-corrected chi connectivity index (χ1v) is 7.80. The van der Waals surface area contributed by atoms with Gasteiger partial charge in [0, 0.05) is 19.3 Å². The molecule has 8 nitrogen and oxygen atoms in total. The molecule has 0 N–H and O–H groups in total. The Hall–Kier alpha value is -3.03. The summed E-state index contributed by atoms with van der Waals surface area (Å²) in [6, 6.07) is 7.27. The van der Waals surface area contributed by atoms with E-state index in [1.54, 1.807) is 40.2 Å². The van der Waals surface area contributed by atoms with Gasteiger partial charge in [0.2, 0.25) is 5.91 Å². The summed E-state index contributed by atoms with van der Waals surface area (Å²) in [5, 5.41) is 8.31. The van der Waals surface area contributed by atoms with Gasteiger partial charge in [0.05, 0.1) is 29.5 Å². The van der Waals surface area contributed by atoms with Crippen LogP contribution in [-0.4, -0.2) is 48.4 Å². The topological polar surface area (TPSA) is 85.9 Å². The van der Waals surface area contributed by atoms with E-state index < -0.39 is 0 Å². The molecule has 0 saturated carbocycles. The molecule has 24 heavy (non-hydrogen) atoms. The van der Waals surface area contributed by atoms with Crippen LogP contribution in [0.4, 0.5) is 0 Å². The van der Waals surface area contributed by atoms with Gasteiger partial charge >= 0.3 is 0 Å². The lowest BCUT2D eigenvalue weighted by atomic mass is 10.2. The number of nitrogens with zero attached hydrogens (tertiary/aromatic N) is 6. The van der Waals surface area contributed by atoms with E-state index in [4.69, 9.17) is 0 Å². The van der Waals surface area contributed by atoms with Crippen LogP contribution in [0, 0.1) is 0 Å². The fourth-order valence-corrected chi connectivity index (χ4v) is 3.06. The van der Waals surface area contributed by atoms with Crippen molar-refractivity contribution < 1.29 is 4.79 Å². The zero-order valence-corrected chi connectivity index (χ0v) is 12.9. The summed E-state index contributed by atoms with van der Waals surface area (Å²) in [4.78, 5) is 31.0. The van der Waals surface area contributed by atoms with Crippen molar-refractivity contribution in [2.75, 3.05) is 13.1 Å². The van der Waals surface area contributed by atoms with Gasteiger partial charge in [-0.15, -0.1) is 5.10 Å². The molecular formula is C16H16N6O2. The van der Waals surface area contributed by atoms with Crippen LogP contribution in [0.2, 0.25) is 0 Å². The average molecular weight is 324 g/mol. The average Bonchev–Trinajstić information content (AvgIpc) is 3.28. The second kappa shape index (κ2) is 5.88. The molecule has 1 unspecified atom stereocenters. The zero-order valence-electron chi connectivity index (χ0n) is 12.9. The maximum absolute atomic E-state index is 12.5. The van der Waals surface area contributed by atoms with Gasteiger partial charge in [0.15, 0.2) is 0 Å². The van der Waals surface area contributed by atoms with Crippen LogP contribution < -0.4 is 5.56 Å². The number of fused-ring (bicyclic) bond motifs is 1. The Bertz CT molecular complexity index is 933. The molecule has 0 spiro atoms. The summed E-state index contributed by atoms with van der Waals surface area (Å²) in [6.07, 6.45) is 5.70. The van der Waals surface area contributed by atoms with Gasteiger partial charge in [-0.3, -0.25) is 14.2 Å². The van der Waals surface area contributed by atoms with E-state index in [1.165, 1.54) is 10.9 Å². The van der Waals surface area contributed by atoms with Crippen LogP contribution in [0.5, 0.6) is 0 Å². The van der Waals surface area contributed by atoms with Crippen molar-refractivity contribution in [3.8, 4) is 0 Å². The minimum Gasteiger partial charge on any atom is -0.339 e. The first-order valence-electron chi connectivity index (χ1n) is 7.80. The molecule has 0 radical (unpaired) electrons. The van der Waals surface area contributed by atoms with Crippen LogP contribution in [0.15, 0.2) is 47.8 Å². The molecule has 3 aromatic rings. The molecule has 0 bridgehead atoms. The maximum atomic E-state index is 12.5. The monoisotopic (exact) mass is 324 g/mol. The number of likely N-dealkylation sites (tertiary alicyclic amines) is 1. The number of carbonyl (C=O) groups is 1. The highest BCUT2D eigenvalue weighted by atomic mass is 16.2. The number of aromatic nitrogens is 5.